The van der Waals surface area contributed by atoms with Crippen molar-refractivity contribution in [1.82, 2.24) is 0 Å². The van der Waals surface area contributed by atoms with Gasteiger partial charge in [0.1, 0.15) is 11.9 Å². The maximum atomic E-state index is 13.3. The summed E-state index contributed by atoms with van der Waals surface area (Å²) < 4.78 is 13.3. The lowest BCUT2D eigenvalue weighted by Gasteiger charge is -2.37. The first kappa shape index (κ1) is 12.7. The van der Waals surface area contributed by atoms with Crippen molar-refractivity contribution in [1.29, 1.82) is 5.26 Å². The molecule has 0 amide bonds. The Bertz CT molecular complexity index is 688. The minimum Gasteiger partial charge on any atom is -0.337 e. The van der Waals surface area contributed by atoms with Crippen molar-refractivity contribution in [2.24, 2.45) is 0 Å². The van der Waals surface area contributed by atoms with E-state index in [0.29, 0.717) is 11.6 Å². The van der Waals surface area contributed by atoms with Gasteiger partial charge >= 0.3 is 0 Å². The third kappa shape index (κ3) is 2.04. The van der Waals surface area contributed by atoms with Crippen LogP contribution in [0.25, 0.3) is 0 Å². The summed E-state index contributed by atoms with van der Waals surface area (Å²) in [6, 6.07) is 15.0. The van der Waals surface area contributed by atoms with Crippen LogP contribution in [0, 0.1) is 17.1 Å². The summed E-state index contributed by atoms with van der Waals surface area (Å²) in [6.45, 7) is 2.14. The summed E-state index contributed by atoms with van der Waals surface area (Å²) in [6.07, 6.45) is 2.07. The monoisotopic (exact) mass is 266 g/mol. The molecule has 0 spiro atoms. The van der Waals surface area contributed by atoms with E-state index in [1.165, 1.54) is 17.7 Å². The zero-order chi connectivity index (χ0) is 14.1. The van der Waals surface area contributed by atoms with Crippen LogP contribution in [0.4, 0.5) is 15.8 Å². The number of benzene rings is 2. The molecule has 0 saturated heterocycles. The van der Waals surface area contributed by atoms with Crippen molar-refractivity contribution < 1.29 is 4.39 Å². The van der Waals surface area contributed by atoms with E-state index in [0.717, 1.165) is 24.2 Å². The molecule has 1 atom stereocenters. The molecule has 0 radical (unpaired) electrons. The van der Waals surface area contributed by atoms with E-state index in [-0.39, 0.29) is 5.82 Å². The number of rotatable bonds is 1. The largest absolute Gasteiger partial charge is 0.337 e. The number of anilines is 2. The smallest absolute Gasteiger partial charge is 0.124 e. The van der Waals surface area contributed by atoms with Crippen molar-refractivity contribution in [3.8, 4) is 6.07 Å². The summed E-state index contributed by atoms with van der Waals surface area (Å²) in [5, 5.41) is 9.26. The number of hydrogen-bond donors (Lipinski definition) is 0. The molecule has 2 aromatic carbocycles. The Kier molecular flexibility index (Phi) is 3.15. The lowest BCUT2D eigenvalue weighted by molar-refractivity contribution is 0.612. The molecule has 0 saturated carbocycles. The molecule has 1 unspecified atom stereocenters. The van der Waals surface area contributed by atoms with Crippen LogP contribution in [0.5, 0.6) is 0 Å². The molecule has 3 rings (SSSR count). The molecule has 1 aliphatic heterocycles. The number of hydrogen-bond acceptors (Lipinski definition) is 2. The van der Waals surface area contributed by atoms with Gasteiger partial charge in [0, 0.05) is 11.7 Å². The standard InChI is InChI=1S/C17H15FN2/c1-12-6-7-13-4-2-3-5-16(13)20(12)17-9-8-15(18)10-14(17)11-19/h2-5,8-10,12H,6-7H2,1H3. The molecule has 0 fully saturated rings. The third-order valence-electron chi connectivity index (χ3n) is 3.86. The van der Waals surface area contributed by atoms with Crippen LogP contribution in [0.3, 0.4) is 0 Å². The molecule has 0 bridgehead atoms. The summed E-state index contributed by atoms with van der Waals surface area (Å²) >= 11 is 0. The third-order valence-corrected chi connectivity index (χ3v) is 3.86. The highest BCUT2D eigenvalue weighted by molar-refractivity contribution is 5.73. The minimum absolute atomic E-state index is 0.294. The van der Waals surface area contributed by atoms with Crippen LogP contribution in [-0.2, 0) is 6.42 Å². The molecular formula is C17H15FN2. The first-order valence-electron chi connectivity index (χ1n) is 6.77. The average Bonchev–Trinajstić information content (AvgIpc) is 2.48. The van der Waals surface area contributed by atoms with Gasteiger partial charge in [-0.25, -0.2) is 4.39 Å². The van der Waals surface area contributed by atoms with E-state index in [1.54, 1.807) is 6.07 Å². The van der Waals surface area contributed by atoms with Gasteiger partial charge in [-0.05, 0) is 49.6 Å². The van der Waals surface area contributed by atoms with Gasteiger partial charge in [0.05, 0.1) is 11.3 Å². The highest BCUT2D eigenvalue weighted by Crippen LogP contribution is 2.38. The number of fused-ring (bicyclic) bond motifs is 1. The van der Waals surface area contributed by atoms with E-state index in [9.17, 15) is 9.65 Å². The van der Waals surface area contributed by atoms with Crippen molar-refractivity contribution in [2.45, 2.75) is 25.8 Å². The average molecular weight is 266 g/mol. The lowest BCUT2D eigenvalue weighted by atomic mass is 9.95. The van der Waals surface area contributed by atoms with Crippen LogP contribution in [0.15, 0.2) is 42.5 Å². The molecule has 0 aliphatic carbocycles. The molecule has 3 heteroatoms. The maximum Gasteiger partial charge on any atom is 0.124 e. The number of nitriles is 1. The van der Waals surface area contributed by atoms with Gasteiger partial charge in [-0.15, -0.1) is 0 Å². The zero-order valence-corrected chi connectivity index (χ0v) is 11.3. The van der Waals surface area contributed by atoms with E-state index in [2.05, 4.69) is 30.0 Å². The topological polar surface area (TPSA) is 27.0 Å². The van der Waals surface area contributed by atoms with Crippen LogP contribution < -0.4 is 4.90 Å². The molecule has 1 aliphatic rings. The Labute approximate surface area is 118 Å². The predicted molar refractivity (Wildman–Crippen MR) is 77.5 cm³/mol. The zero-order valence-electron chi connectivity index (χ0n) is 11.3. The fourth-order valence-electron chi connectivity index (χ4n) is 2.86. The normalized spacial score (nSPS) is 17.4. The number of aryl methyl sites for hydroxylation is 1. The molecular weight excluding hydrogens is 251 g/mol. The summed E-state index contributed by atoms with van der Waals surface area (Å²) in [5.74, 6) is -0.372. The quantitative estimate of drug-likeness (QED) is 0.774. The van der Waals surface area contributed by atoms with Crippen molar-refractivity contribution >= 4 is 11.4 Å². The van der Waals surface area contributed by atoms with E-state index in [1.807, 2.05) is 12.1 Å². The Hall–Kier alpha value is -2.34. The van der Waals surface area contributed by atoms with Gasteiger partial charge in [-0.3, -0.25) is 0 Å². The Morgan fingerprint density at radius 2 is 2.00 bits per heavy atom. The van der Waals surface area contributed by atoms with Crippen molar-refractivity contribution in [2.75, 3.05) is 4.90 Å². The molecule has 0 aromatic heterocycles. The van der Waals surface area contributed by atoms with Gasteiger partial charge in [0.15, 0.2) is 0 Å². The van der Waals surface area contributed by atoms with Gasteiger partial charge in [-0.2, -0.15) is 5.26 Å². The predicted octanol–water partition coefficient (Wildman–Crippen LogP) is 4.17. The SMILES string of the molecule is CC1CCc2ccccc2N1c1ccc(F)cc1C#N. The second kappa shape index (κ2) is 4.97. The van der Waals surface area contributed by atoms with Crippen molar-refractivity contribution in [3.05, 3.63) is 59.4 Å². The summed E-state index contributed by atoms with van der Waals surface area (Å²) in [7, 11) is 0. The maximum absolute atomic E-state index is 13.3. The molecule has 20 heavy (non-hydrogen) atoms. The first-order chi connectivity index (χ1) is 9.70. The molecule has 100 valence electrons. The Morgan fingerprint density at radius 1 is 1.20 bits per heavy atom. The Morgan fingerprint density at radius 3 is 2.80 bits per heavy atom. The molecule has 2 nitrogen and oxygen atoms in total. The summed E-state index contributed by atoms with van der Waals surface area (Å²) in [4.78, 5) is 2.15. The second-order valence-electron chi connectivity index (χ2n) is 5.16. The molecule has 0 N–H and O–H groups in total. The van der Waals surface area contributed by atoms with Gasteiger partial charge in [0.2, 0.25) is 0 Å². The highest BCUT2D eigenvalue weighted by atomic mass is 19.1. The van der Waals surface area contributed by atoms with Crippen LogP contribution >= 0.6 is 0 Å². The van der Waals surface area contributed by atoms with E-state index < -0.39 is 0 Å². The van der Waals surface area contributed by atoms with Crippen LogP contribution in [-0.4, -0.2) is 6.04 Å². The molecule has 2 aromatic rings. The van der Waals surface area contributed by atoms with Crippen molar-refractivity contribution in [3.63, 3.8) is 0 Å². The fourth-order valence-corrected chi connectivity index (χ4v) is 2.86. The lowest BCUT2D eigenvalue weighted by Crippen LogP contribution is -2.33. The fraction of sp³-hybridized carbons (Fsp3) is 0.235. The highest BCUT2D eigenvalue weighted by Gasteiger charge is 2.25. The minimum atomic E-state index is -0.372. The van der Waals surface area contributed by atoms with E-state index >= 15 is 0 Å². The summed E-state index contributed by atoms with van der Waals surface area (Å²) in [5.41, 5.74) is 3.57. The second-order valence-corrected chi connectivity index (χ2v) is 5.16. The number of para-hydroxylation sites is 1. The molecule has 1 heterocycles. The first-order valence-corrected chi connectivity index (χ1v) is 6.77. The van der Waals surface area contributed by atoms with Gasteiger partial charge < -0.3 is 4.90 Å². The Balaban J connectivity index is 2.17. The number of halogens is 1. The van der Waals surface area contributed by atoms with Gasteiger partial charge in [-0.1, -0.05) is 18.2 Å². The van der Waals surface area contributed by atoms with E-state index in [4.69, 9.17) is 0 Å². The van der Waals surface area contributed by atoms with Crippen LogP contribution in [0.2, 0.25) is 0 Å². The van der Waals surface area contributed by atoms with Gasteiger partial charge in [0.25, 0.3) is 0 Å². The number of nitrogens with zero attached hydrogens (tertiary/aromatic N) is 2. The van der Waals surface area contributed by atoms with Crippen LogP contribution in [0.1, 0.15) is 24.5 Å².